The van der Waals surface area contributed by atoms with E-state index in [1.165, 1.54) is 20.3 Å². The van der Waals surface area contributed by atoms with E-state index in [9.17, 15) is 9.18 Å². The van der Waals surface area contributed by atoms with Crippen LogP contribution in [0.3, 0.4) is 0 Å². The minimum Gasteiger partial charge on any atom is -0.493 e. The minimum absolute atomic E-state index is 0.145. The molecule has 1 amide bonds. The van der Waals surface area contributed by atoms with E-state index in [0.717, 1.165) is 5.56 Å². The van der Waals surface area contributed by atoms with Crippen LogP contribution in [-0.2, 0) is 11.2 Å². The number of rotatable bonds is 7. The molecule has 1 aromatic carbocycles. The topological polar surface area (TPSA) is 60.5 Å². The Morgan fingerprint density at radius 1 is 1.21 bits per heavy atom. The lowest BCUT2D eigenvalue weighted by molar-refractivity contribution is -0.121. The predicted molar refractivity (Wildman–Crippen MR) is 88.6 cm³/mol. The number of hydrogen-bond donors (Lipinski definition) is 1. The molecular formula is C18H21FN2O3. The van der Waals surface area contributed by atoms with E-state index in [0.29, 0.717) is 29.9 Å². The molecule has 0 bridgehead atoms. The Morgan fingerprint density at radius 2 is 1.83 bits per heavy atom. The zero-order valence-corrected chi connectivity index (χ0v) is 14.0. The van der Waals surface area contributed by atoms with Crippen molar-refractivity contribution < 1.29 is 18.7 Å². The van der Waals surface area contributed by atoms with E-state index in [-0.39, 0.29) is 5.91 Å². The Bertz CT molecular complexity index is 692. The van der Waals surface area contributed by atoms with Gasteiger partial charge in [-0.25, -0.2) is 4.39 Å². The van der Waals surface area contributed by atoms with Crippen LogP contribution in [0.1, 0.15) is 30.5 Å². The normalized spacial score (nSPS) is 11.7. The zero-order valence-electron chi connectivity index (χ0n) is 14.0. The molecule has 1 N–H and O–H groups in total. The van der Waals surface area contributed by atoms with E-state index in [1.54, 1.807) is 25.4 Å². The number of halogens is 1. The molecule has 0 spiro atoms. The van der Waals surface area contributed by atoms with Crippen LogP contribution < -0.4 is 14.8 Å². The molecule has 5 nitrogen and oxygen atoms in total. The van der Waals surface area contributed by atoms with E-state index in [2.05, 4.69) is 10.3 Å². The van der Waals surface area contributed by atoms with Crippen LogP contribution in [0.15, 0.2) is 36.7 Å². The van der Waals surface area contributed by atoms with Gasteiger partial charge in [0, 0.05) is 30.4 Å². The highest BCUT2D eigenvalue weighted by Crippen LogP contribution is 2.32. The molecule has 0 radical (unpaired) electrons. The second-order valence-corrected chi connectivity index (χ2v) is 5.37. The van der Waals surface area contributed by atoms with Gasteiger partial charge in [-0.1, -0.05) is 0 Å². The average molecular weight is 332 g/mol. The highest BCUT2D eigenvalue weighted by molar-refractivity contribution is 5.76. The summed E-state index contributed by atoms with van der Waals surface area (Å²) < 4.78 is 24.5. The highest BCUT2D eigenvalue weighted by Gasteiger charge is 2.17. The van der Waals surface area contributed by atoms with E-state index >= 15 is 0 Å². The summed E-state index contributed by atoms with van der Waals surface area (Å²) in [5.41, 5.74) is 1.38. The monoisotopic (exact) mass is 332 g/mol. The van der Waals surface area contributed by atoms with Gasteiger partial charge in [0.15, 0.2) is 11.5 Å². The Hall–Kier alpha value is -2.63. The third-order valence-corrected chi connectivity index (χ3v) is 3.74. The average Bonchev–Trinajstić information content (AvgIpc) is 2.60. The molecular weight excluding hydrogens is 311 g/mol. The molecule has 0 aliphatic carbocycles. The fourth-order valence-corrected chi connectivity index (χ4v) is 2.40. The first-order valence-electron chi connectivity index (χ1n) is 7.64. The Kier molecular flexibility index (Phi) is 6.12. The molecule has 0 saturated carbocycles. The van der Waals surface area contributed by atoms with E-state index in [1.807, 2.05) is 12.1 Å². The molecule has 2 rings (SSSR count). The van der Waals surface area contributed by atoms with Gasteiger partial charge in [0.2, 0.25) is 5.91 Å². The lowest BCUT2D eigenvalue weighted by atomic mass is 10.1. The smallest absolute Gasteiger partial charge is 0.220 e. The molecule has 0 saturated heterocycles. The Labute approximate surface area is 140 Å². The fraction of sp³-hybridized carbons (Fsp3) is 0.333. The van der Waals surface area contributed by atoms with Crippen LogP contribution in [0.4, 0.5) is 4.39 Å². The summed E-state index contributed by atoms with van der Waals surface area (Å²) in [6.45, 7) is 1.73. The summed E-state index contributed by atoms with van der Waals surface area (Å²) in [7, 11) is 2.93. The fourth-order valence-electron chi connectivity index (χ4n) is 2.40. The summed E-state index contributed by atoms with van der Waals surface area (Å²) in [6, 6.07) is 6.06. The van der Waals surface area contributed by atoms with Gasteiger partial charge >= 0.3 is 0 Å². The van der Waals surface area contributed by atoms with E-state index < -0.39 is 11.9 Å². The third-order valence-electron chi connectivity index (χ3n) is 3.74. The van der Waals surface area contributed by atoms with Gasteiger partial charge in [0.05, 0.1) is 20.3 Å². The van der Waals surface area contributed by atoms with Crippen molar-refractivity contribution in [1.82, 2.24) is 10.3 Å². The molecule has 6 heteroatoms. The lowest BCUT2D eigenvalue weighted by Gasteiger charge is -2.17. The number of benzene rings is 1. The van der Waals surface area contributed by atoms with Gasteiger partial charge in [-0.05, 0) is 37.1 Å². The zero-order chi connectivity index (χ0) is 17.5. The maximum absolute atomic E-state index is 14.2. The summed E-state index contributed by atoms with van der Waals surface area (Å²) >= 11 is 0. The SMILES string of the molecule is COc1cc(F)c(C(C)NC(=O)CCc2ccncc2)cc1OC. The van der Waals surface area contributed by atoms with E-state index in [4.69, 9.17) is 9.47 Å². The Balaban J connectivity index is 2.01. The summed E-state index contributed by atoms with van der Waals surface area (Å²) in [5.74, 6) is 0.143. The van der Waals surface area contributed by atoms with Crippen LogP contribution in [0.2, 0.25) is 0 Å². The molecule has 1 unspecified atom stereocenters. The number of nitrogens with one attached hydrogen (secondary N) is 1. The lowest BCUT2D eigenvalue weighted by Crippen LogP contribution is -2.27. The molecule has 1 heterocycles. The maximum atomic E-state index is 14.2. The summed E-state index contributed by atoms with van der Waals surface area (Å²) in [5, 5.41) is 2.81. The second-order valence-electron chi connectivity index (χ2n) is 5.37. The Morgan fingerprint density at radius 3 is 2.46 bits per heavy atom. The van der Waals surface area contributed by atoms with Crippen molar-refractivity contribution in [3.05, 3.63) is 53.6 Å². The van der Waals surface area contributed by atoms with Crippen LogP contribution in [0, 0.1) is 5.82 Å². The van der Waals surface area contributed by atoms with Gasteiger partial charge in [0.25, 0.3) is 0 Å². The number of pyridine rings is 1. The molecule has 128 valence electrons. The largest absolute Gasteiger partial charge is 0.493 e. The number of methoxy groups -OCH3 is 2. The first-order valence-corrected chi connectivity index (χ1v) is 7.64. The number of aromatic nitrogens is 1. The number of hydrogen-bond acceptors (Lipinski definition) is 4. The second kappa shape index (κ2) is 8.29. The van der Waals surface area contributed by atoms with Gasteiger partial charge in [-0.2, -0.15) is 0 Å². The number of ether oxygens (including phenoxy) is 2. The van der Waals surface area contributed by atoms with Crippen molar-refractivity contribution in [3.8, 4) is 11.5 Å². The standard InChI is InChI=1S/C18H21FN2O3/c1-12(14-10-16(23-2)17(24-3)11-15(14)19)21-18(22)5-4-13-6-8-20-9-7-13/h6-12H,4-5H2,1-3H3,(H,21,22). The number of nitrogens with zero attached hydrogens (tertiary/aromatic N) is 1. The summed E-state index contributed by atoms with van der Waals surface area (Å²) in [4.78, 5) is 16.0. The van der Waals surface area contributed by atoms with Crippen molar-refractivity contribution in [2.75, 3.05) is 14.2 Å². The van der Waals surface area contributed by atoms with Crippen molar-refractivity contribution in [1.29, 1.82) is 0 Å². The molecule has 0 aliphatic heterocycles. The van der Waals surface area contributed by atoms with Gasteiger partial charge in [-0.15, -0.1) is 0 Å². The molecule has 1 aromatic heterocycles. The number of carbonyl (C=O) groups is 1. The quantitative estimate of drug-likeness (QED) is 0.846. The minimum atomic E-state index is -0.477. The molecule has 24 heavy (non-hydrogen) atoms. The molecule has 0 fully saturated rings. The molecule has 0 aliphatic rings. The van der Waals surface area contributed by atoms with Gasteiger partial charge < -0.3 is 14.8 Å². The number of amides is 1. The highest BCUT2D eigenvalue weighted by atomic mass is 19.1. The van der Waals surface area contributed by atoms with Crippen LogP contribution in [0.25, 0.3) is 0 Å². The van der Waals surface area contributed by atoms with Crippen LogP contribution in [0.5, 0.6) is 11.5 Å². The third kappa shape index (κ3) is 4.44. The van der Waals surface area contributed by atoms with Crippen molar-refractivity contribution >= 4 is 5.91 Å². The number of aryl methyl sites for hydroxylation is 1. The van der Waals surface area contributed by atoms with Crippen molar-refractivity contribution in [2.45, 2.75) is 25.8 Å². The first kappa shape index (κ1) is 17.7. The maximum Gasteiger partial charge on any atom is 0.220 e. The first-order chi connectivity index (χ1) is 11.5. The van der Waals surface area contributed by atoms with Crippen LogP contribution >= 0.6 is 0 Å². The molecule has 2 aromatic rings. The van der Waals surface area contributed by atoms with Crippen LogP contribution in [-0.4, -0.2) is 25.1 Å². The van der Waals surface area contributed by atoms with Crippen molar-refractivity contribution in [2.24, 2.45) is 0 Å². The summed E-state index contributed by atoms with van der Waals surface area (Å²) in [6.07, 6.45) is 4.31. The van der Waals surface area contributed by atoms with Gasteiger partial charge in [0.1, 0.15) is 5.82 Å². The van der Waals surface area contributed by atoms with Crippen molar-refractivity contribution in [3.63, 3.8) is 0 Å². The van der Waals surface area contributed by atoms with Gasteiger partial charge in [-0.3, -0.25) is 9.78 Å². The number of carbonyl (C=O) groups excluding carboxylic acids is 1. The predicted octanol–water partition coefficient (Wildman–Crippen LogP) is 3.05. The molecule has 1 atom stereocenters.